The molecule has 0 unspecified atom stereocenters. The van der Waals surface area contributed by atoms with Crippen LogP contribution >= 0.6 is 0 Å². The van der Waals surface area contributed by atoms with Crippen molar-refractivity contribution in [3.63, 3.8) is 0 Å². The first-order valence-electron chi connectivity index (χ1n) is 7.83. The van der Waals surface area contributed by atoms with Gasteiger partial charge in [0.2, 0.25) is 0 Å². The number of hydrogen-bond acceptors (Lipinski definition) is 7. The number of aromatic nitrogens is 5. The van der Waals surface area contributed by atoms with Crippen LogP contribution in [0, 0.1) is 0 Å². The molecule has 0 saturated heterocycles. The molecule has 1 N–H and O–H groups in total. The second kappa shape index (κ2) is 6.40. The summed E-state index contributed by atoms with van der Waals surface area (Å²) in [5, 5.41) is 11.6. The Bertz CT molecular complexity index is 982. The van der Waals surface area contributed by atoms with Crippen LogP contribution in [0.1, 0.15) is 20.3 Å². The molecule has 25 heavy (non-hydrogen) atoms. The third kappa shape index (κ3) is 4.11. The number of anilines is 1. The third-order valence-corrected chi connectivity index (χ3v) is 4.74. The van der Waals surface area contributed by atoms with Crippen LogP contribution in [0.5, 0.6) is 0 Å². The monoisotopic (exact) mass is 360 g/mol. The number of hydrogen-bond donors (Lipinski definition) is 1. The van der Waals surface area contributed by atoms with Gasteiger partial charge in [0.05, 0.1) is 11.4 Å². The molecule has 1 aromatic carbocycles. The first-order valence-corrected chi connectivity index (χ1v) is 9.89. The molecule has 0 aliphatic carbocycles. The van der Waals surface area contributed by atoms with Crippen LogP contribution in [0.3, 0.4) is 0 Å². The number of nitrogens with one attached hydrogen (secondary N) is 1. The normalized spacial score (nSPS) is 12.4. The van der Waals surface area contributed by atoms with E-state index < -0.39 is 15.4 Å². The summed E-state index contributed by atoms with van der Waals surface area (Å²) >= 11 is 0. The van der Waals surface area contributed by atoms with E-state index in [0.29, 0.717) is 23.4 Å². The van der Waals surface area contributed by atoms with E-state index in [1.807, 2.05) is 44.2 Å². The van der Waals surface area contributed by atoms with Gasteiger partial charge in [-0.2, -0.15) is 4.68 Å². The Morgan fingerprint density at radius 3 is 2.56 bits per heavy atom. The smallest absolute Gasteiger partial charge is 0.188 e. The van der Waals surface area contributed by atoms with E-state index in [1.165, 1.54) is 12.6 Å². The Morgan fingerprint density at radius 2 is 1.88 bits per heavy atom. The van der Waals surface area contributed by atoms with Crippen LogP contribution in [0.4, 0.5) is 5.82 Å². The van der Waals surface area contributed by atoms with Gasteiger partial charge in [0.25, 0.3) is 0 Å². The van der Waals surface area contributed by atoms with Gasteiger partial charge in [-0.15, -0.1) is 5.10 Å². The summed E-state index contributed by atoms with van der Waals surface area (Å²) in [5.74, 6) is 0.628. The van der Waals surface area contributed by atoms with Crippen molar-refractivity contribution >= 4 is 26.8 Å². The number of para-hydroxylation sites is 1. The van der Waals surface area contributed by atoms with E-state index in [2.05, 4.69) is 25.6 Å². The summed E-state index contributed by atoms with van der Waals surface area (Å²) < 4.78 is 24.5. The van der Waals surface area contributed by atoms with Gasteiger partial charge in [-0.05, 0) is 32.4 Å². The molecule has 9 heteroatoms. The number of sulfone groups is 1. The minimum absolute atomic E-state index is 0.0952. The quantitative estimate of drug-likeness (QED) is 0.715. The summed E-state index contributed by atoms with van der Waals surface area (Å²) in [5.41, 5.74) is 1.51. The lowest BCUT2D eigenvalue weighted by Gasteiger charge is -2.26. The van der Waals surface area contributed by atoms with Gasteiger partial charge in [-0.3, -0.25) is 0 Å². The van der Waals surface area contributed by atoms with Crippen molar-refractivity contribution in [2.75, 3.05) is 17.3 Å². The fraction of sp³-hybridized carbons (Fsp3) is 0.375. The predicted molar refractivity (Wildman–Crippen MR) is 96.5 cm³/mol. The summed E-state index contributed by atoms with van der Waals surface area (Å²) in [7, 11) is -3.03. The maximum Gasteiger partial charge on any atom is 0.188 e. The van der Waals surface area contributed by atoms with Gasteiger partial charge >= 0.3 is 0 Å². The summed E-state index contributed by atoms with van der Waals surface area (Å²) in [6.45, 7) is 3.85. The van der Waals surface area contributed by atoms with Crippen molar-refractivity contribution < 1.29 is 8.42 Å². The maximum atomic E-state index is 11.4. The van der Waals surface area contributed by atoms with Gasteiger partial charge in [0.1, 0.15) is 16.2 Å². The zero-order chi connectivity index (χ0) is 18.1. The highest BCUT2D eigenvalue weighted by Crippen LogP contribution is 2.23. The standard InChI is InChI=1S/C16H20N6O2S/c1-16(2,9-10-25(3,23)24)19-14-13-15(18-11-17-14)22(21-20-13)12-7-5-4-6-8-12/h4-8,11H,9-10H2,1-3H3,(H,17,18,19). The first kappa shape index (κ1) is 17.3. The van der Waals surface area contributed by atoms with Crippen LogP contribution in [0.2, 0.25) is 0 Å². The summed E-state index contributed by atoms with van der Waals surface area (Å²) in [6.07, 6.45) is 3.13. The van der Waals surface area contributed by atoms with E-state index >= 15 is 0 Å². The van der Waals surface area contributed by atoms with Crippen molar-refractivity contribution in [3.8, 4) is 5.69 Å². The van der Waals surface area contributed by atoms with E-state index in [1.54, 1.807) is 4.68 Å². The van der Waals surface area contributed by atoms with Gasteiger partial charge in [0.15, 0.2) is 17.0 Å². The number of fused-ring (bicyclic) bond motifs is 1. The van der Waals surface area contributed by atoms with E-state index in [-0.39, 0.29) is 5.75 Å². The fourth-order valence-corrected chi connectivity index (χ4v) is 3.29. The van der Waals surface area contributed by atoms with Crippen LogP contribution in [0.25, 0.3) is 16.9 Å². The lowest BCUT2D eigenvalue weighted by molar-refractivity contribution is 0.534. The molecule has 0 saturated carbocycles. The minimum Gasteiger partial charge on any atom is -0.363 e. The predicted octanol–water partition coefficient (Wildman–Crippen LogP) is 1.84. The average molecular weight is 360 g/mol. The highest BCUT2D eigenvalue weighted by atomic mass is 32.2. The molecule has 0 spiro atoms. The molecule has 2 heterocycles. The molecule has 0 radical (unpaired) electrons. The molecular formula is C16H20N6O2S. The van der Waals surface area contributed by atoms with Crippen molar-refractivity contribution in [1.82, 2.24) is 25.0 Å². The molecule has 0 amide bonds. The molecule has 2 aromatic heterocycles. The lowest BCUT2D eigenvalue weighted by atomic mass is 10.0. The SMILES string of the molecule is CC(C)(CCS(C)(=O)=O)Nc1ncnc2c1nnn2-c1ccccc1. The number of benzene rings is 1. The second-order valence-electron chi connectivity index (χ2n) is 6.62. The highest BCUT2D eigenvalue weighted by Gasteiger charge is 2.23. The molecule has 3 rings (SSSR count). The van der Waals surface area contributed by atoms with Crippen molar-refractivity contribution in [2.24, 2.45) is 0 Å². The van der Waals surface area contributed by atoms with Crippen molar-refractivity contribution in [2.45, 2.75) is 25.8 Å². The zero-order valence-corrected chi connectivity index (χ0v) is 15.2. The number of rotatable bonds is 6. The molecule has 3 aromatic rings. The second-order valence-corrected chi connectivity index (χ2v) is 8.88. The molecule has 132 valence electrons. The van der Waals surface area contributed by atoms with Crippen molar-refractivity contribution in [1.29, 1.82) is 0 Å². The van der Waals surface area contributed by atoms with Gasteiger partial charge in [-0.1, -0.05) is 23.4 Å². The topological polar surface area (TPSA) is 103 Å². The number of nitrogens with zero attached hydrogens (tertiary/aromatic N) is 5. The molecular weight excluding hydrogens is 340 g/mol. The van der Waals surface area contributed by atoms with E-state index in [4.69, 9.17) is 0 Å². The molecule has 0 aliphatic rings. The molecule has 0 bridgehead atoms. The Balaban J connectivity index is 1.92. The fourth-order valence-electron chi connectivity index (χ4n) is 2.41. The highest BCUT2D eigenvalue weighted by molar-refractivity contribution is 7.90. The Kier molecular flexibility index (Phi) is 4.42. The van der Waals surface area contributed by atoms with Crippen LogP contribution in [-0.4, -0.2) is 50.9 Å². The van der Waals surface area contributed by atoms with Crippen LogP contribution in [0.15, 0.2) is 36.7 Å². The Labute approximate surface area is 146 Å². The average Bonchev–Trinajstić information content (AvgIpc) is 2.98. The molecule has 0 atom stereocenters. The largest absolute Gasteiger partial charge is 0.363 e. The van der Waals surface area contributed by atoms with Crippen LogP contribution < -0.4 is 5.32 Å². The van der Waals surface area contributed by atoms with Gasteiger partial charge in [0, 0.05) is 11.8 Å². The minimum atomic E-state index is -3.03. The molecule has 8 nitrogen and oxygen atoms in total. The van der Waals surface area contributed by atoms with Gasteiger partial charge in [-0.25, -0.2) is 18.4 Å². The molecule has 0 fully saturated rings. The molecule has 0 aliphatic heterocycles. The van der Waals surface area contributed by atoms with E-state index in [0.717, 1.165) is 5.69 Å². The Morgan fingerprint density at radius 1 is 1.16 bits per heavy atom. The van der Waals surface area contributed by atoms with Crippen LogP contribution in [-0.2, 0) is 9.84 Å². The first-order chi connectivity index (χ1) is 11.8. The zero-order valence-electron chi connectivity index (χ0n) is 14.3. The third-order valence-electron chi connectivity index (χ3n) is 3.79. The Hall–Kier alpha value is -2.55. The summed E-state index contributed by atoms with van der Waals surface area (Å²) in [4.78, 5) is 8.54. The lowest BCUT2D eigenvalue weighted by Crippen LogP contribution is -2.33. The summed E-state index contributed by atoms with van der Waals surface area (Å²) in [6, 6.07) is 9.59. The maximum absolute atomic E-state index is 11.4. The van der Waals surface area contributed by atoms with Gasteiger partial charge < -0.3 is 5.32 Å². The van der Waals surface area contributed by atoms with Crippen molar-refractivity contribution in [3.05, 3.63) is 36.7 Å². The van der Waals surface area contributed by atoms with E-state index in [9.17, 15) is 8.42 Å².